The maximum absolute atomic E-state index is 6.14. The molecule has 5 nitrogen and oxygen atoms in total. The van der Waals surface area contributed by atoms with E-state index in [1.807, 2.05) is 6.07 Å². The van der Waals surface area contributed by atoms with Crippen molar-refractivity contribution < 1.29 is 9.26 Å². The highest BCUT2D eigenvalue weighted by Crippen LogP contribution is 2.26. The standard InChI is InChI=1S/C23H27N3O2/c1-16(2)18-9-11-20(12-10-18)23-24-22(28-25-23)15-26-13-17(3)27-21(14-26)19-7-5-4-6-8-19/h4-12,16-17,21H,13-15H2,1-3H3. The van der Waals surface area contributed by atoms with E-state index in [9.17, 15) is 0 Å². The number of hydrogen-bond donors (Lipinski definition) is 0. The summed E-state index contributed by atoms with van der Waals surface area (Å²) in [5.74, 6) is 1.80. The van der Waals surface area contributed by atoms with Gasteiger partial charge in [-0.3, -0.25) is 4.90 Å². The molecule has 4 rings (SSSR count). The molecule has 0 radical (unpaired) electrons. The Morgan fingerprint density at radius 1 is 1.04 bits per heavy atom. The van der Waals surface area contributed by atoms with Gasteiger partial charge >= 0.3 is 0 Å². The molecule has 2 unspecified atom stereocenters. The third-order valence-corrected chi connectivity index (χ3v) is 5.17. The normalized spacial score (nSPS) is 20.6. The minimum absolute atomic E-state index is 0.0657. The molecular weight excluding hydrogens is 350 g/mol. The second-order valence-corrected chi connectivity index (χ2v) is 7.83. The van der Waals surface area contributed by atoms with Gasteiger partial charge in [0.1, 0.15) is 0 Å². The minimum atomic E-state index is 0.0657. The van der Waals surface area contributed by atoms with Crippen LogP contribution in [0.4, 0.5) is 0 Å². The van der Waals surface area contributed by atoms with Gasteiger partial charge in [0.15, 0.2) is 0 Å². The number of hydrogen-bond acceptors (Lipinski definition) is 5. The zero-order valence-corrected chi connectivity index (χ0v) is 16.7. The van der Waals surface area contributed by atoms with Crippen molar-refractivity contribution in [3.05, 3.63) is 71.6 Å². The molecule has 28 heavy (non-hydrogen) atoms. The first-order valence-corrected chi connectivity index (χ1v) is 9.94. The van der Waals surface area contributed by atoms with Crippen LogP contribution in [0, 0.1) is 0 Å². The molecule has 0 aliphatic carbocycles. The molecule has 0 amide bonds. The van der Waals surface area contributed by atoms with E-state index in [1.54, 1.807) is 0 Å². The van der Waals surface area contributed by atoms with Crippen molar-refractivity contribution in [2.75, 3.05) is 13.1 Å². The number of aromatic nitrogens is 2. The van der Waals surface area contributed by atoms with Crippen LogP contribution in [-0.2, 0) is 11.3 Å². The van der Waals surface area contributed by atoms with E-state index >= 15 is 0 Å². The summed E-state index contributed by atoms with van der Waals surface area (Å²) in [5.41, 5.74) is 3.49. The van der Waals surface area contributed by atoms with Crippen LogP contribution in [0.2, 0.25) is 0 Å². The summed E-state index contributed by atoms with van der Waals surface area (Å²) >= 11 is 0. The maximum atomic E-state index is 6.14. The second kappa shape index (κ2) is 8.25. The molecule has 146 valence electrons. The maximum Gasteiger partial charge on any atom is 0.241 e. The predicted octanol–water partition coefficient (Wildman–Crippen LogP) is 4.82. The van der Waals surface area contributed by atoms with Gasteiger partial charge in [-0.05, 0) is 24.0 Å². The SMILES string of the molecule is CC1CN(Cc2nc(-c3ccc(C(C)C)cc3)no2)CC(c2ccccc2)O1. The van der Waals surface area contributed by atoms with Crippen molar-refractivity contribution in [2.24, 2.45) is 0 Å². The van der Waals surface area contributed by atoms with Gasteiger partial charge in [-0.1, -0.05) is 73.6 Å². The van der Waals surface area contributed by atoms with Gasteiger partial charge in [-0.2, -0.15) is 4.98 Å². The van der Waals surface area contributed by atoms with Crippen molar-refractivity contribution in [1.82, 2.24) is 15.0 Å². The number of morpholine rings is 1. The topological polar surface area (TPSA) is 51.4 Å². The highest BCUT2D eigenvalue weighted by molar-refractivity contribution is 5.54. The summed E-state index contributed by atoms with van der Waals surface area (Å²) in [6.07, 6.45) is 0.223. The van der Waals surface area contributed by atoms with Crippen LogP contribution in [0.15, 0.2) is 59.1 Å². The van der Waals surface area contributed by atoms with E-state index in [2.05, 4.69) is 84.3 Å². The lowest BCUT2D eigenvalue weighted by Crippen LogP contribution is -2.42. The molecule has 3 aromatic rings. The monoisotopic (exact) mass is 377 g/mol. The van der Waals surface area contributed by atoms with Crippen LogP contribution in [0.5, 0.6) is 0 Å². The van der Waals surface area contributed by atoms with E-state index < -0.39 is 0 Å². The van der Waals surface area contributed by atoms with Gasteiger partial charge in [0, 0.05) is 18.7 Å². The first-order chi connectivity index (χ1) is 13.6. The fourth-order valence-corrected chi connectivity index (χ4v) is 3.66. The largest absolute Gasteiger partial charge is 0.368 e. The smallest absolute Gasteiger partial charge is 0.241 e. The molecule has 1 aliphatic rings. The molecule has 1 saturated heterocycles. The van der Waals surface area contributed by atoms with Gasteiger partial charge in [-0.25, -0.2) is 0 Å². The Labute approximate surface area is 166 Å². The number of benzene rings is 2. The molecular formula is C23H27N3O2. The van der Waals surface area contributed by atoms with Crippen LogP contribution in [0.3, 0.4) is 0 Å². The summed E-state index contributed by atoms with van der Waals surface area (Å²) < 4.78 is 11.7. The van der Waals surface area contributed by atoms with E-state index in [0.717, 1.165) is 18.7 Å². The predicted molar refractivity (Wildman–Crippen MR) is 109 cm³/mol. The van der Waals surface area contributed by atoms with Gasteiger partial charge in [0.25, 0.3) is 0 Å². The van der Waals surface area contributed by atoms with Gasteiger partial charge in [0.05, 0.1) is 18.8 Å². The van der Waals surface area contributed by atoms with Gasteiger partial charge in [0.2, 0.25) is 11.7 Å². The first kappa shape index (κ1) is 18.8. The average molecular weight is 377 g/mol. The Kier molecular flexibility index (Phi) is 5.55. The molecule has 1 aromatic heterocycles. The molecule has 2 atom stereocenters. The Bertz CT molecular complexity index is 890. The second-order valence-electron chi connectivity index (χ2n) is 7.83. The molecule has 1 aliphatic heterocycles. The number of nitrogens with zero attached hydrogens (tertiary/aromatic N) is 3. The van der Waals surface area contributed by atoms with Crippen molar-refractivity contribution in [2.45, 2.75) is 45.4 Å². The van der Waals surface area contributed by atoms with Gasteiger partial charge in [-0.15, -0.1) is 0 Å². The lowest BCUT2D eigenvalue weighted by molar-refractivity contribution is -0.0832. The molecule has 0 bridgehead atoms. The molecule has 0 N–H and O–H groups in total. The Morgan fingerprint density at radius 2 is 1.79 bits per heavy atom. The Hall–Kier alpha value is -2.50. The summed E-state index contributed by atoms with van der Waals surface area (Å²) in [4.78, 5) is 6.94. The zero-order chi connectivity index (χ0) is 19.5. The molecule has 1 fully saturated rings. The number of rotatable bonds is 5. The van der Waals surface area contributed by atoms with Crippen LogP contribution < -0.4 is 0 Å². The van der Waals surface area contributed by atoms with Crippen LogP contribution in [0.1, 0.15) is 49.8 Å². The summed E-state index contributed by atoms with van der Waals surface area (Å²) in [7, 11) is 0. The van der Waals surface area contributed by atoms with Crippen molar-refractivity contribution in [1.29, 1.82) is 0 Å². The highest BCUT2D eigenvalue weighted by Gasteiger charge is 2.27. The number of ether oxygens (including phenoxy) is 1. The van der Waals surface area contributed by atoms with E-state index in [1.165, 1.54) is 11.1 Å². The van der Waals surface area contributed by atoms with Crippen molar-refractivity contribution in [3.63, 3.8) is 0 Å². The summed E-state index contributed by atoms with van der Waals surface area (Å²) in [6, 6.07) is 18.8. The fraction of sp³-hybridized carbons (Fsp3) is 0.391. The average Bonchev–Trinajstić information content (AvgIpc) is 3.17. The quantitative estimate of drug-likeness (QED) is 0.638. The Morgan fingerprint density at radius 3 is 2.50 bits per heavy atom. The minimum Gasteiger partial charge on any atom is -0.368 e. The van der Waals surface area contributed by atoms with Crippen molar-refractivity contribution >= 4 is 0 Å². The van der Waals surface area contributed by atoms with Crippen molar-refractivity contribution in [3.8, 4) is 11.4 Å². The Balaban J connectivity index is 1.44. The van der Waals surface area contributed by atoms with E-state index in [0.29, 0.717) is 24.2 Å². The van der Waals surface area contributed by atoms with Crippen LogP contribution >= 0.6 is 0 Å². The van der Waals surface area contributed by atoms with Gasteiger partial charge < -0.3 is 9.26 Å². The molecule has 0 saturated carbocycles. The molecule has 2 heterocycles. The van der Waals surface area contributed by atoms with E-state index in [-0.39, 0.29) is 12.2 Å². The summed E-state index contributed by atoms with van der Waals surface area (Å²) in [6.45, 7) is 8.78. The molecule has 5 heteroatoms. The molecule has 2 aromatic carbocycles. The summed E-state index contributed by atoms with van der Waals surface area (Å²) in [5, 5.41) is 4.18. The zero-order valence-electron chi connectivity index (χ0n) is 16.7. The lowest BCUT2D eigenvalue weighted by atomic mass is 10.0. The first-order valence-electron chi connectivity index (χ1n) is 9.94. The van der Waals surface area contributed by atoms with E-state index in [4.69, 9.17) is 9.26 Å². The molecule has 0 spiro atoms. The van der Waals surface area contributed by atoms with Crippen LogP contribution in [0.25, 0.3) is 11.4 Å². The lowest BCUT2D eigenvalue weighted by Gasteiger charge is -2.36. The third-order valence-electron chi connectivity index (χ3n) is 5.17. The fourth-order valence-electron chi connectivity index (χ4n) is 3.66. The van der Waals surface area contributed by atoms with Crippen LogP contribution in [-0.4, -0.2) is 34.2 Å². The highest BCUT2D eigenvalue weighted by atomic mass is 16.5. The third kappa shape index (κ3) is 4.32.